The van der Waals surface area contributed by atoms with Gasteiger partial charge in [0.15, 0.2) is 6.04 Å². The summed E-state index contributed by atoms with van der Waals surface area (Å²) in [7, 11) is 0. The molecule has 138 valence electrons. The fourth-order valence-corrected chi connectivity index (χ4v) is 3.22. The lowest BCUT2D eigenvalue weighted by Crippen LogP contribution is -2.57. The Labute approximate surface area is 157 Å². The Balaban J connectivity index is 2.26. The molecule has 0 aromatic heterocycles. The summed E-state index contributed by atoms with van der Waals surface area (Å²) in [4.78, 5) is 26.9. The fraction of sp³-hybridized carbons (Fsp3) is 0.556. The first-order valence-electron chi connectivity index (χ1n) is 8.47. The number of amides is 2. The number of carbonyl (C=O) groups excluding carboxylic acids is 2. The Hall–Kier alpha value is -1.44. The van der Waals surface area contributed by atoms with Crippen LogP contribution in [0.2, 0.25) is 0 Å². The summed E-state index contributed by atoms with van der Waals surface area (Å²) in [5, 5.41) is 13.3. The van der Waals surface area contributed by atoms with E-state index in [4.69, 9.17) is 4.74 Å². The smallest absolute Gasteiger partial charge is 0.411 e. The minimum Gasteiger partial charge on any atom is -0.620 e. The summed E-state index contributed by atoms with van der Waals surface area (Å²) in [6.45, 7) is 7.51. The molecule has 1 aliphatic rings. The second-order valence-corrected chi connectivity index (χ2v) is 8.12. The monoisotopic (exact) mass is 412 g/mol. The van der Waals surface area contributed by atoms with Crippen LogP contribution in [0.1, 0.15) is 40.5 Å². The average molecular weight is 413 g/mol. The summed E-state index contributed by atoms with van der Waals surface area (Å²) in [6.07, 6.45) is 0.623. The third kappa shape index (κ3) is 4.40. The number of hydrogen-bond acceptors (Lipinski definition) is 4. The Kier molecular flexibility index (Phi) is 5.91. The number of hydroxylamine groups is 2. The van der Waals surface area contributed by atoms with E-state index in [1.54, 1.807) is 52.0 Å². The summed E-state index contributed by atoms with van der Waals surface area (Å²) in [5.41, 5.74) is -0.278. The van der Waals surface area contributed by atoms with Crippen LogP contribution in [-0.4, -0.2) is 41.6 Å². The Morgan fingerprint density at radius 2 is 1.92 bits per heavy atom. The molecule has 0 radical (unpaired) electrons. The van der Waals surface area contributed by atoms with Crippen molar-refractivity contribution in [1.82, 2.24) is 9.55 Å². The van der Waals surface area contributed by atoms with E-state index in [9.17, 15) is 14.8 Å². The molecule has 1 fully saturated rings. The first-order valence-corrected chi connectivity index (χ1v) is 9.27. The molecule has 2 amide bonds. The van der Waals surface area contributed by atoms with Gasteiger partial charge < -0.3 is 9.94 Å². The fourth-order valence-electron chi connectivity index (χ4n) is 2.95. The predicted molar refractivity (Wildman–Crippen MR) is 101 cm³/mol. The second kappa shape index (κ2) is 7.43. The van der Waals surface area contributed by atoms with Crippen LogP contribution in [0.3, 0.4) is 0 Å². The Morgan fingerprint density at radius 3 is 2.44 bits per heavy atom. The molecule has 0 spiro atoms. The molecule has 1 aliphatic heterocycles. The van der Waals surface area contributed by atoms with Crippen LogP contribution in [0, 0.1) is 5.21 Å². The number of benzene rings is 1. The summed E-state index contributed by atoms with van der Waals surface area (Å²) < 4.78 is 5.14. The van der Waals surface area contributed by atoms with Crippen LogP contribution >= 0.6 is 15.9 Å². The van der Waals surface area contributed by atoms with Gasteiger partial charge in [0.05, 0.1) is 6.54 Å². The molecule has 6 nitrogen and oxygen atoms in total. The minimum atomic E-state index is -1.09. The van der Waals surface area contributed by atoms with E-state index < -0.39 is 28.3 Å². The van der Waals surface area contributed by atoms with E-state index in [2.05, 4.69) is 15.9 Å². The highest BCUT2D eigenvalue weighted by Gasteiger charge is 2.44. The van der Waals surface area contributed by atoms with Gasteiger partial charge in [0.1, 0.15) is 11.3 Å². The molecule has 1 aromatic rings. The van der Waals surface area contributed by atoms with Gasteiger partial charge in [0.2, 0.25) is 0 Å². The molecule has 2 unspecified atom stereocenters. The normalized spacial score (nSPS) is 20.2. The molecule has 2 atom stereocenters. The van der Waals surface area contributed by atoms with E-state index in [0.29, 0.717) is 25.1 Å². The van der Waals surface area contributed by atoms with Gasteiger partial charge in [-0.25, -0.2) is 9.59 Å². The zero-order valence-corrected chi connectivity index (χ0v) is 16.7. The molecule has 0 N–H and O–H groups in total. The van der Waals surface area contributed by atoms with Gasteiger partial charge in [0, 0.05) is 23.2 Å². The lowest BCUT2D eigenvalue weighted by atomic mass is 10.1. The maximum Gasteiger partial charge on any atom is 0.411 e. The maximum absolute atomic E-state index is 13.3. The molecule has 0 saturated carbocycles. The zero-order chi connectivity index (χ0) is 18.8. The largest absolute Gasteiger partial charge is 0.620 e. The highest BCUT2D eigenvalue weighted by Crippen LogP contribution is 2.30. The van der Waals surface area contributed by atoms with Crippen molar-refractivity contribution in [3.63, 3.8) is 0 Å². The molecule has 2 rings (SSSR count). The molecule has 0 bridgehead atoms. The first kappa shape index (κ1) is 19.9. The van der Waals surface area contributed by atoms with Crippen molar-refractivity contribution in [2.75, 3.05) is 13.1 Å². The minimum absolute atomic E-state index is 0.0686. The van der Waals surface area contributed by atoms with Crippen LogP contribution < -0.4 is 4.65 Å². The van der Waals surface area contributed by atoms with Crippen LogP contribution in [0.5, 0.6) is 0 Å². The molecule has 7 heteroatoms. The van der Waals surface area contributed by atoms with Crippen LogP contribution in [0.4, 0.5) is 10.5 Å². The van der Waals surface area contributed by atoms with Gasteiger partial charge in [-0.1, -0.05) is 15.9 Å². The van der Waals surface area contributed by atoms with Gasteiger partial charge in [-0.2, -0.15) is 0 Å². The number of hydrogen-bond donors (Lipinski definition) is 0. The number of likely N-dealkylation sites (N-methyl/N-ethyl adjacent to an activating group) is 1. The molecular weight excluding hydrogens is 388 g/mol. The van der Waals surface area contributed by atoms with E-state index in [1.807, 2.05) is 0 Å². The molecule has 1 heterocycles. The second-order valence-electron chi connectivity index (χ2n) is 7.20. The lowest BCUT2D eigenvalue weighted by molar-refractivity contribution is -0.132. The van der Waals surface area contributed by atoms with Crippen LogP contribution in [0.25, 0.3) is 0 Å². The first-order chi connectivity index (χ1) is 11.6. The standard InChI is InChI=1S/C18H25BrN2O4/c1-5-21(24,14-10-8-13(19)9-11-14)16(22)15-7-6-12-20(15)17(23)25-18(2,3)4/h8-11,15H,5-7,12H2,1-4H3. The number of quaternary nitrogens is 1. The molecule has 25 heavy (non-hydrogen) atoms. The number of ether oxygens (including phenoxy) is 1. The van der Waals surface area contributed by atoms with Gasteiger partial charge in [-0.15, -0.1) is 0 Å². The van der Waals surface area contributed by atoms with Gasteiger partial charge in [-0.05, 0) is 52.7 Å². The SMILES string of the molecule is CC[N+]([O-])(C(=O)C1CCCN1C(=O)OC(C)(C)C)c1ccc(Br)cc1. The van der Waals surface area contributed by atoms with Crippen molar-refractivity contribution in [2.45, 2.75) is 52.2 Å². The third-order valence-electron chi connectivity index (χ3n) is 4.21. The van der Waals surface area contributed by atoms with E-state index >= 15 is 0 Å². The lowest BCUT2D eigenvalue weighted by Gasteiger charge is -2.41. The summed E-state index contributed by atoms with van der Waals surface area (Å²) >= 11 is 3.33. The Morgan fingerprint density at radius 1 is 1.32 bits per heavy atom. The molecule has 1 saturated heterocycles. The molecular formula is C18H25BrN2O4. The van der Waals surface area contributed by atoms with Gasteiger partial charge in [-0.3, -0.25) is 9.55 Å². The van der Waals surface area contributed by atoms with Gasteiger partial charge >= 0.3 is 12.0 Å². The van der Waals surface area contributed by atoms with Crippen molar-refractivity contribution >= 4 is 33.6 Å². The van der Waals surface area contributed by atoms with E-state index in [0.717, 1.165) is 4.47 Å². The topological polar surface area (TPSA) is 69.7 Å². The summed E-state index contributed by atoms with van der Waals surface area (Å²) in [6, 6.07) is 6.01. The summed E-state index contributed by atoms with van der Waals surface area (Å²) in [5.74, 6) is -0.520. The van der Waals surface area contributed by atoms with Crippen molar-refractivity contribution in [2.24, 2.45) is 0 Å². The third-order valence-corrected chi connectivity index (χ3v) is 4.74. The van der Waals surface area contributed by atoms with E-state index in [1.165, 1.54) is 4.90 Å². The van der Waals surface area contributed by atoms with Crippen molar-refractivity contribution < 1.29 is 14.3 Å². The van der Waals surface area contributed by atoms with Crippen molar-refractivity contribution in [3.05, 3.63) is 33.9 Å². The van der Waals surface area contributed by atoms with Gasteiger partial charge in [0.25, 0.3) is 0 Å². The number of rotatable bonds is 3. The number of nitrogens with zero attached hydrogens (tertiary/aromatic N) is 2. The highest BCUT2D eigenvalue weighted by atomic mass is 79.9. The highest BCUT2D eigenvalue weighted by molar-refractivity contribution is 9.10. The van der Waals surface area contributed by atoms with Crippen molar-refractivity contribution in [3.8, 4) is 0 Å². The number of carbonyl (C=O) groups is 2. The zero-order valence-electron chi connectivity index (χ0n) is 15.1. The number of likely N-dealkylation sites (tertiary alicyclic amines) is 1. The quantitative estimate of drug-likeness (QED) is 0.550. The Bertz CT molecular complexity index is 641. The van der Waals surface area contributed by atoms with Crippen molar-refractivity contribution in [1.29, 1.82) is 0 Å². The van der Waals surface area contributed by atoms with E-state index in [-0.39, 0.29) is 6.54 Å². The molecule has 1 aromatic carbocycles. The van der Waals surface area contributed by atoms with Crippen LogP contribution in [-0.2, 0) is 9.53 Å². The molecule has 0 aliphatic carbocycles. The van der Waals surface area contributed by atoms with Crippen LogP contribution in [0.15, 0.2) is 28.7 Å². The average Bonchev–Trinajstić information content (AvgIpc) is 3.02. The maximum atomic E-state index is 13.3. The number of halogens is 1. The predicted octanol–water partition coefficient (Wildman–Crippen LogP) is 4.20.